The minimum atomic E-state index is -2.42. The van der Waals surface area contributed by atoms with Crippen molar-refractivity contribution in [3.63, 3.8) is 0 Å². The predicted molar refractivity (Wildman–Crippen MR) is 138 cm³/mol. The van der Waals surface area contributed by atoms with Crippen LogP contribution in [0.4, 0.5) is 0 Å². The van der Waals surface area contributed by atoms with Gasteiger partial charge in [-0.2, -0.15) is 0 Å². The van der Waals surface area contributed by atoms with Gasteiger partial charge in [0, 0.05) is 22.8 Å². The Morgan fingerprint density at radius 2 is 1.69 bits per heavy atom. The molecule has 0 radical (unpaired) electrons. The smallest absolute Gasteiger partial charge is 0.194 e. The second-order valence-electron chi connectivity index (χ2n) is 9.24. The van der Waals surface area contributed by atoms with Crippen LogP contribution >= 0.6 is 15.9 Å². The molecule has 9 heteroatoms. The van der Waals surface area contributed by atoms with Gasteiger partial charge in [-0.05, 0) is 52.6 Å². The topological polar surface area (TPSA) is 87.9 Å². The number of carbonyl (C=O) groups is 2. The van der Waals surface area contributed by atoms with Crippen molar-refractivity contribution in [3.8, 4) is 22.8 Å². The fourth-order valence-electron chi connectivity index (χ4n) is 5.81. The summed E-state index contributed by atoms with van der Waals surface area (Å²) in [6, 6.07) is 6.08. The van der Waals surface area contributed by atoms with Crippen LogP contribution in [0.2, 0.25) is 18.1 Å². The van der Waals surface area contributed by atoms with Crippen LogP contribution in [0.15, 0.2) is 21.1 Å². The number of aryl methyl sites for hydroxylation is 1. The summed E-state index contributed by atoms with van der Waals surface area (Å²) in [7, 11) is 0.716. The van der Waals surface area contributed by atoms with E-state index in [1.54, 1.807) is 20.3 Å². The van der Waals surface area contributed by atoms with Crippen LogP contribution in [0.1, 0.15) is 54.2 Å². The Morgan fingerprint density at radius 1 is 1.03 bits per heavy atom. The third-order valence-electron chi connectivity index (χ3n) is 7.83. The number of hydrogen-bond donors (Lipinski definition) is 0. The van der Waals surface area contributed by atoms with Crippen LogP contribution in [-0.2, 0) is 14.8 Å². The number of ether oxygens (including phenoxy) is 2. The molecule has 0 N–H and O–H groups in total. The molecule has 0 amide bonds. The molecular formula is C26H28BrNO6Si. The van der Waals surface area contributed by atoms with Crippen LogP contribution in [-0.4, -0.2) is 39.3 Å². The van der Waals surface area contributed by atoms with Gasteiger partial charge in [-0.25, -0.2) is 0 Å². The maximum Gasteiger partial charge on any atom is 0.194 e. The first-order valence-corrected chi connectivity index (χ1v) is 15.2. The number of carbonyl (C=O) groups excluding carboxylic acids is 2. The molecule has 0 unspecified atom stereocenters. The van der Waals surface area contributed by atoms with Gasteiger partial charge in [-0.1, -0.05) is 25.9 Å². The summed E-state index contributed by atoms with van der Waals surface area (Å²) in [4.78, 5) is 27.6. The van der Waals surface area contributed by atoms with Gasteiger partial charge < -0.3 is 18.4 Å². The van der Waals surface area contributed by atoms with Crippen LogP contribution in [0, 0.1) is 6.92 Å². The largest absolute Gasteiger partial charge is 0.496 e. The lowest BCUT2D eigenvalue weighted by atomic mass is 9.66. The van der Waals surface area contributed by atoms with Gasteiger partial charge in [0.1, 0.15) is 17.2 Å². The SMILES string of the molecule is CC[Si](CC)(CC)O[C@]12C(=O)CC(=O)c3c(C)cc4onc(c4c31)-c1c(OC)cc(OC)c(Br)c12. The highest BCUT2D eigenvalue weighted by Gasteiger charge is 2.59. The van der Waals surface area contributed by atoms with E-state index in [9.17, 15) is 9.59 Å². The Kier molecular flexibility index (Phi) is 5.73. The Balaban J connectivity index is 2.07. The van der Waals surface area contributed by atoms with E-state index in [1.165, 1.54) is 0 Å². The molecule has 2 aliphatic carbocycles. The van der Waals surface area contributed by atoms with E-state index in [1.807, 2.05) is 13.0 Å². The standard InChI is InChI=1S/C26H28BrNO6Si/c1-7-35(8-2,9-3)34-26-18(30)11-14(29)19-13(4)10-16-21(22(19)26)25(28-33-16)20-15(31-5)12-17(32-6)24(27)23(20)26/h10,12H,7-9,11H2,1-6H3/t26-/m1/s1. The molecule has 0 spiro atoms. The summed E-state index contributed by atoms with van der Waals surface area (Å²) in [5, 5.41) is 5.04. The fraction of sp³-hybridized carbons (Fsp3) is 0.423. The summed E-state index contributed by atoms with van der Waals surface area (Å²) in [5.74, 6) is 0.509. The molecular weight excluding hydrogens is 530 g/mol. The third-order valence-corrected chi connectivity index (χ3v) is 13.2. The lowest BCUT2D eigenvalue weighted by Crippen LogP contribution is -2.54. The van der Waals surface area contributed by atoms with Crippen molar-refractivity contribution < 1.29 is 28.0 Å². The minimum absolute atomic E-state index is 0.207. The van der Waals surface area contributed by atoms with Crippen molar-refractivity contribution in [1.29, 1.82) is 0 Å². The first-order valence-electron chi connectivity index (χ1n) is 11.9. The molecule has 5 rings (SSSR count). The number of methoxy groups -OCH3 is 2. The zero-order valence-electron chi connectivity index (χ0n) is 20.8. The quantitative estimate of drug-likeness (QED) is 0.248. The van der Waals surface area contributed by atoms with Gasteiger partial charge in [0.2, 0.25) is 0 Å². The van der Waals surface area contributed by atoms with E-state index in [0.29, 0.717) is 54.9 Å². The van der Waals surface area contributed by atoms with E-state index in [0.717, 1.165) is 23.7 Å². The van der Waals surface area contributed by atoms with E-state index in [2.05, 4.69) is 41.9 Å². The highest BCUT2D eigenvalue weighted by molar-refractivity contribution is 9.10. The molecule has 3 aromatic rings. The van der Waals surface area contributed by atoms with Crippen LogP contribution in [0.5, 0.6) is 11.5 Å². The summed E-state index contributed by atoms with van der Waals surface area (Å²) in [6.45, 7) is 8.23. The number of halogens is 1. The van der Waals surface area contributed by atoms with E-state index >= 15 is 0 Å². The average molecular weight is 559 g/mol. The maximum absolute atomic E-state index is 14.3. The number of ketones is 2. The summed E-state index contributed by atoms with van der Waals surface area (Å²) in [5.41, 5.74) is 2.56. The number of benzene rings is 2. The molecule has 0 saturated heterocycles. The van der Waals surface area contributed by atoms with Gasteiger partial charge in [-0.3, -0.25) is 9.59 Å². The Hall–Kier alpha value is -2.49. The second kappa shape index (κ2) is 8.28. The first kappa shape index (κ1) is 24.2. The Bertz CT molecular complexity index is 1400. The van der Waals surface area contributed by atoms with Crippen molar-refractivity contribution >= 4 is 46.8 Å². The van der Waals surface area contributed by atoms with Gasteiger partial charge in [-0.15, -0.1) is 0 Å². The number of rotatable bonds is 7. The van der Waals surface area contributed by atoms with E-state index in [-0.39, 0.29) is 18.0 Å². The van der Waals surface area contributed by atoms with Crippen LogP contribution in [0.3, 0.4) is 0 Å². The monoisotopic (exact) mass is 557 g/mol. The van der Waals surface area contributed by atoms with E-state index < -0.39 is 13.9 Å². The fourth-order valence-corrected chi connectivity index (χ4v) is 9.47. The number of aromatic nitrogens is 1. The molecule has 2 aliphatic rings. The van der Waals surface area contributed by atoms with Crippen LogP contribution in [0.25, 0.3) is 22.2 Å². The van der Waals surface area contributed by atoms with E-state index in [4.69, 9.17) is 18.4 Å². The molecule has 0 fully saturated rings. The Morgan fingerprint density at radius 3 is 2.29 bits per heavy atom. The second-order valence-corrected chi connectivity index (χ2v) is 14.7. The summed E-state index contributed by atoms with van der Waals surface area (Å²) >= 11 is 3.74. The molecule has 35 heavy (non-hydrogen) atoms. The molecule has 1 heterocycles. The molecule has 0 saturated carbocycles. The minimum Gasteiger partial charge on any atom is -0.496 e. The molecule has 184 valence electrons. The zero-order chi connectivity index (χ0) is 25.3. The van der Waals surface area contributed by atoms with Crippen molar-refractivity contribution in [2.45, 2.75) is 57.8 Å². The van der Waals surface area contributed by atoms with Gasteiger partial charge in [0.15, 0.2) is 31.1 Å². The summed E-state index contributed by atoms with van der Waals surface area (Å²) < 4.78 is 25.1. The van der Waals surface area contributed by atoms with Crippen molar-refractivity contribution in [2.75, 3.05) is 14.2 Å². The molecule has 1 aromatic heterocycles. The molecule has 1 atom stereocenters. The highest BCUT2D eigenvalue weighted by atomic mass is 79.9. The number of Topliss-reactive ketones (excluding diaryl/α,β-unsaturated/α-hetero) is 2. The third kappa shape index (κ3) is 3.01. The normalized spacial score (nSPS) is 18.7. The highest BCUT2D eigenvalue weighted by Crippen LogP contribution is 2.60. The van der Waals surface area contributed by atoms with Crippen molar-refractivity contribution in [3.05, 3.63) is 38.9 Å². The van der Waals surface area contributed by atoms with Crippen LogP contribution < -0.4 is 9.47 Å². The molecule has 0 bridgehead atoms. The number of hydrogen-bond acceptors (Lipinski definition) is 7. The Labute approximate surface area is 213 Å². The molecule has 2 aromatic carbocycles. The van der Waals surface area contributed by atoms with Gasteiger partial charge in [0.05, 0.1) is 36.1 Å². The molecule has 7 nitrogen and oxygen atoms in total. The average Bonchev–Trinajstić information content (AvgIpc) is 3.27. The zero-order valence-corrected chi connectivity index (χ0v) is 23.3. The number of nitrogens with zero attached hydrogens (tertiary/aromatic N) is 1. The van der Waals surface area contributed by atoms with Gasteiger partial charge in [0.25, 0.3) is 0 Å². The predicted octanol–water partition coefficient (Wildman–Crippen LogP) is 6.32. The first-order chi connectivity index (χ1) is 16.7. The summed E-state index contributed by atoms with van der Waals surface area (Å²) in [6.07, 6.45) is -0.243. The lowest BCUT2D eigenvalue weighted by Gasteiger charge is -2.47. The number of fused-ring (bicyclic) bond motifs is 3. The lowest BCUT2D eigenvalue weighted by molar-refractivity contribution is -0.132. The van der Waals surface area contributed by atoms with Crippen molar-refractivity contribution in [1.82, 2.24) is 5.16 Å². The molecule has 0 aliphatic heterocycles. The van der Waals surface area contributed by atoms with Gasteiger partial charge >= 0.3 is 0 Å². The van der Waals surface area contributed by atoms with Crippen molar-refractivity contribution in [2.24, 2.45) is 0 Å². The maximum atomic E-state index is 14.3.